The van der Waals surface area contributed by atoms with E-state index >= 15 is 0 Å². The monoisotopic (exact) mass is 391 g/mol. The van der Waals surface area contributed by atoms with Crippen molar-refractivity contribution in [3.05, 3.63) is 48.5 Å². The second-order valence-electron chi connectivity index (χ2n) is 5.59. The lowest BCUT2D eigenvalue weighted by Gasteiger charge is -2.12. The van der Waals surface area contributed by atoms with Gasteiger partial charge in [0.25, 0.3) is 5.91 Å². The van der Waals surface area contributed by atoms with Crippen molar-refractivity contribution in [2.75, 3.05) is 13.7 Å². The number of nitrogens with one attached hydrogen (secondary N) is 3. The summed E-state index contributed by atoms with van der Waals surface area (Å²) >= 11 is 0. The second kappa shape index (κ2) is 7.64. The standard InChI is InChI=1S/C17H17N3O6S/c1-25-14-4-2-3-5-15(14)26-11-6-8-12(9-7-11)27(23,24)18-10-13-16(21)20-17(22)19-13/h2-9,13,18H,10H2,1H3,(H2,19,20,21,22)/t13-/m0/s1. The molecule has 0 aliphatic carbocycles. The molecule has 3 amide bonds. The summed E-state index contributed by atoms with van der Waals surface area (Å²) in [5, 5.41) is 4.35. The van der Waals surface area contributed by atoms with Crippen molar-refractivity contribution in [2.24, 2.45) is 0 Å². The van der Waals surface area contributed by atoms with Crippen LogP contribution < -0.4 is 24.8 Å². The molecule has 1 aliphatic rings. The Morgan fingerprint density at radius 2 is 1.70 bits per heavy atom. The molecule has 0 bridgehead atoms. The molecule has 1 atom stereocenters. The molecule has 1 saturated heterocycles. The lowest BCUT2D eigenvalue weighted by Crippen LogP contribution is -2.41. The summed E-state index contributed by atoms with van der Waals surface area (Å²) in [6.45, 7) is -0.251. The molecule has 2 aromatic carbocycles. The Hall–Kier alpha value is -3.11. The van der Waals surface area contributed by atoms with Crippen molar-refractivity contribution in [1.82, 2.24) is 15.4 Å². The molecular weight excluding hydrogens is 374 g/mol. The summed E-state index contributed by atoms with van der Waals surface area (Å²) in [7, 11) is -2.33. The number of sulfonamides is 1. The lowest BCUT2D eigenvalue weighted by atomic mass is 10.3. The number of carbonyl (C=O) groups excluding carboxylic acids is 2. The number of ether oxygens (including phenoxy) is 2. The first-order valence-electron chi connectivity index (χ1n) is 7.91. The summed E-state index contributed by atoms with van der Waals surface area (Å²) in [4.78, 5) is 22.5. The van der Waals surface area contributed by atoms with Gasteiger partial charge in [0.05, 0.1) is 12.0 Å². The van der Waals surface area contributed by atoms with Crippen molar-refractivity contribution in [3.63, 3.8) is 0 Å². The molecule has 3 rings (SSSR count). The number of hydrogen-bond acceptors (Lipinski definition) is 6. The van der Waals surface area contributed by atoms with Gasteiger partial charge in [-0.3, -0.25) is 10.1 Å². The first-order chi connectivity index (χ1) is 12.9. The van der Waals surface area contributed by atoms with Crippen LogP contribution >= 0.6 is 0 Å². The van der Waals surface area contributed by atoms with Crippen LogP contribution in [0.4, 0.5) is 4.79 Å². The number of rotatable bonds is 7. The van der Waals surface area contributed by atoms with E-state index < -0.39 is 28.0 Å². The highest BCUT2D eigenvalue weighted by atomic mass is 32.2. The number of methoxy groups -OCH3 is 1. The number of para-hydroxylation sites is 2. The number of imide groups is 1. The Morgan fingerprint density at radius 3 is 2.30 bits per heavy atom. The van der Waals surface area contributed by atoms with Crippen LogP contribution in [-0.4, -0.2) is 40.1 Å². The van der Waals surface area contributed by atoms with Gasteiger partial charge in [0.1, 0.15) is 11.8 Å². The fourth-order valence-corrected chi connectivity index (χ4v) is 3.44. The molecule has 142 valence electrons. The molecule has 0 unspecified atom stereocenters. The van der Waals surface area contributed by atoms with Crippen molar-refractivity contribution in [1.29, 1.82) is 0 Å². The predicted molar refractivity (Wildman–Crippen MR) is 95.2 cm³/mol. The van der Waals surface area contributed by atoms with E-state index in [4.69, 9.17) is 9.47 Å². The van der Waals surface area contributed by atoms with E-state index in [9.17, 15) is 18.0 Å². The zero-order chi connectivity index (χ0) is 19.4. The maximum atomic E-state index is 12.3. The normalized spacial score (nSPS) is 16.6. The second-order valence-corrected chi connectivity index (χ2v) is 7.36. The summed E-state index contributed by atoms with van der Waals surface area (Å²) in [5.74, 6) is 0.897. The van der Waals surface area contributed by atoms with Gasteiger partial charge in [-0.1, -0.05) is 12.1 Å². The Kier molecular flexibility index (Phi) is 5.28. The van der Waals surface area contributed by atoms with Gasteiger partial charge >= 0.3 is 6.03 Å². The number of carbonyl (C=O) groups is 2. The average molecular weight is 391 g/mol. The van der Waals surface area contributed by atoms with E-state index in [1.165, 1.54) is 31.4 Å². The van der Waals surface area contributed by atoms with Crippen molar-refractivity contribution >= 4 is 22.0 Å². The third-order valence-corrected chi connectivity index (χ3v) is 5.21. The van der Waals surface area contributed by atoms with Crippen LogP contribution in [0.1, 0.15) is 0 Å². The molecule has 2 aromatic rings. The van der Waals surface area contributed by atoms with Crippen LogP contribution in [0.15, 0.2) is 53.4 Å². The molecule has 1 fully saturated rings. The van der Waals surface area contributed by atoms with Gasteiger partial charge in [-0.15, -0.1) is 0 Å². The van der Waals surface area contributed by atoms with Gasteiger partial charge in [-0.25, -0.2) is 17.9 Å². The highest BCUT2D eigenvalue weighted by molar-refractivity contribution is 7.89. The van der Waals surface area contributed by atoms with E-state index in [2.05, 4.69) is 10.0 Å². The van der Waals surface area contributed by atoms with Crippen LogP contribution in [0.2, 0.25) is 0 Å². The van der Waals surface area contributed by atoms with Gasteiger partial charge in [0.15, 0.2) is 11.5 Å². The number of amides is 3. The third-order valence-electron chi connectivity index (χ3n) is 3.77. The smallest absolute Gasteiger partial charge is 0.322 e. The predicted octanol–water partition coefficient (Wildman–Crippen LogP) is 0.974. The summed E-state index contributed by atoms with van der Waals surface area (Å²) in [6.07, 6.45) is 0. The topological polar surface area (TPSA) is 123 Å². The number of urea groups is 1. The maximum Gasteiger partial charge on any atom is 0.322 e. The molecule has 0 aromatic heterocycles. The Morgan fingerprint density at radius 1 is 1.04 bits per heavy atom. The van der Waals surface area contributed by atoms with Crippen LogP contribution in [0.25, 0.3) is 0 Å². The summed E-state index contributed by atoms with van der Waals surface area (Å²) in [5.41, 5.74) is 0. The average Bonchev–Trinajstić information content (AvgIpc) is 2.98. The van der Waals surface area contributed by atoms with Crippen LogP contribution in [0.3, 0.4) is 0 Å². The van der Waals surface area contributed by atoms with E-state index in [0.29, 0.717) is 17.2 Å². The number of hydrogen-bond donors (Lipinski definition) is 3. The molecule has 1 heterocycles. The van der Waals surface area contributed by atoms with Gasteiger partial charge in [-0.2, -0.15) is 0 Å². The highest BCUT2D eigenvalue weighted by Gasteiger charge is 2.30. The van der Waals surface area contributed by atoms with Gasteiger partial charge in [0, 0.05) is 6.54 Å². The molecule has 0 spiro atoms. The third kappa shape index (κ3) is 4.36. The Labute approximate surface area is 155 Å². The Bertz CT molecular complexity index is 959. The minimum absolute atomic E-state index is 0.000363. The van der Waals surface area contributed by atoms with Gasteiger partial charge in [0.2, 0.25) is 10.0 Å². The molecule has 0 saturated carbocycles. The SMILES string of the molecule is COc1ccccc1Oc1ccc(S(=O)(=O)NC[C@@H]2NC(=O)NC2=O)cc1. The summed E-state index contributed by atoms with van der Waals surface area (Å²) in [6, 6.07) is 11.2. The first kappa shape index (κ1) is 18.7. The molecule has 10 heteroatoms. The van der Waals surface area contributed by atoms with E-state index in [1.54, 1.807) is 24.3 Å². The molecule has 0 radical (unpaired) electrons. The van der Waals surface area contributed by atoms with Crippen LogP contribution in [-0.2, 0) is 14.8 Å². The fraction of sp³-hybridized carbons (Fsp3) is 0.176. The minimum Gasteiger partial charge on any atom is -0.493 e. The zero-order valence-electron chi connectivity index (χ0n) is 14.3. The quantitative estimate of drug-likeness (QED) is 0.605. The number of benzene rings is 2. The molecule has 27 heavy (non-hydrogen) atoms. The zero-order valence-corrected chi connectivity index (χ0v) is 15.1. The van der Waals surface area contributed by atoms with Crippen molar-refractivity contribution in [2.45, 2.75) is 10.9 Å². The molecule has 3 N–H and O–H groups in total. The highest BCUT2D eigenvalue weighted by Crippen LogP contribution is 2.31. The van der Waals surface area contributed by atoms with Crippen molar-refractivity contribution < 1.29 is 27.5 Å². The summed E-state index contributed by atoms with van der Waals surface area (Å²) < 4.78 is 37.8. The van der Waals surface area contributed by atoms with Crippen LogP contribution in [0.5, 0.6) is 17.2 Å². The molecule has 1 aliphatic heterocycles. The maximum absolute atomic E-state index is 12.3. The lowest BCUT2D eigenvalue weighted by molar-refractivity contribution is -0.120. The van der Waals surface area contributed by atoms with Crippen LogP contribution in [0, 0.1) is 0 Å². The minimum atomic E-state index is -3.85. The van der Waals surface area contributed by atoms with Gasteiger partial charge in [-0.05, 0) is 36.4 Å². The molecular formula is C17H17N3O6S. The fourth-order valence-electron chi connectivity index (χ4n) is 2.40. The van der Waals surface area contributed by atoms with E-state index in [0.717, 1.165) is 0 Å². The first-order valence-corrected chi connectivity index (χ1v) is 9.39. The molecule has 9 nitrogen and oxygen atoms in total. The largest absolute Gasteiger partial charge is 0.493 e. The Balaban J connectivity index is 1.67. The van der Waals surface area contributed by atoms with E-state index in [1.807, 2.05) is 5.32 Å². The van der Waals surface area contributed by atoms with Crippen molar-refractivity contribution in [3.8, 4) is 17.2 Å². The van der Waals surface area contributed by atoms with Gasteiger partial charge < -0.3 is 14.8 Å². The van der Waals surface area contributed by atoms with E-state index in [-0.39, 0.29) is 11.4 Å².